The van der Waals surface area contributed by atoms with Crippen LogP contribution in [0.15, 0.2) is 5.16 Å². The molecule has 3 heteroatoms. The Kier molecular flexibility index (Phi) is 1.17. The van der Waals surface area contributed by atoms with Crippen LogP contribution in [0, 0.1) is 11.3 Å². The molecule has 1 rings (SSSR count). The lowest BCUT2D eigenvalue weighted by Crippen LogP contribution is -2.20. The normalized spacial score (nSPS) is 32.8. The topological polar surface area (TPSA) is 45.4 Å². The van der Waals surface area contributed by atoms with Gasteiger partial charge in [-0.1, -0.05) is 5.16 Å². The van der Waals surface area contributed by atoms with Crippen molar-refractivity contribution in [3.8, 4) is 6.07 Å². The smallest absolute Gasteiger partial charge is 0.224 e. The Hall–Kier alpha value is -1.04. The minimum absolute atomic E-state index is 0.628. The first-order chi connectivity index (χ1) is 4.16. The van der Waals surface area contributed by atoms with Gasteiger partial charge in [-0.3, -0.25) is 0 Å². The van der Waals surface area contributed by atoms with Crippen LogP contribution in [0.25, 0.3) is 0 Å². The van der Waals surface area contributed by atoms with E-state index in [1.54, 1.807) is 6.92 Å². The maximum absolute atomic E-state index is 8.49. The molecule has 1 unspecified atom stereocenters. The standard InChI is InChI=1S/C6H8N2O/c1-5-3-6(2,4-7)9-8-5/h3H2,1-2H3. The summed E-state index contributed by atoms with van der Waals surface area (Å²) in [5.74, 6) is 0. The summed E-state index contributed by atoms with van der Waals surface area (Å²) in [7, 11) is 0. The molecule has 1 aliphatic rings. The zero-order valence-electron chi connectivity index (χ0n) is 5.51. The first kappa shape index (κ1) is 6.09. The molecule has 0 aromatic carbocycles. The van der Waals surface area contributed by atoms with Crippen molar-refractivity contribution in [3.05, 3.63) is 0 Å². The third kappa shape index (κ3) is 1.02. The van der Waals surface area contributed by atoms with E-state index in [1.807, 2.05) is 13.0 Å². The van der Waals surface area contributed by atoms with E-state index in [0.717, 1.165) is 5.71 Å². The average molecular weight is 124 g/mol. The number of hydrogen-bond donors (Lipinski definition) is 0. The van der Waals surface area contributed by atoms with Gasteiger partial charge in [-0.05, 0) is 13.8 Å². The molecule has 0 fully saturated rings. The van der Waals surface area contributed by atoms with Gasteiger partial charge in [0.2, 0.25) is 5.60 Å². The van der Waals surface area contributed by atoms with Crippen molar-refractivity contribution in [2.24, 2.45) is 5.16 Å². The van der Waals surface area contributed by atoms with Crippen LogP contribution in [0.2, 0.25) is 0 Å². The molecule has 9 heavy (non-hydrogen) atoms. The largest absolute Gasteiger partial charge is 0.374 e. The third-order valence-electron chi connectivity index (χ3n) is 1.23. The molecule has 0 saturated carbocycles. The van der Waals surface area contributed by atoms with Crippen LogP contribution < -0.4 is 0 Å². The van der Waals surface area contributed by atoms with Crippen LogP contribution in [0.3, 0.4) is 0 Å². The summed E-state index contributed by atoms with van der Waals surface area (Å²) in [5, 5.41) is 12.1. The van der Waals surface area contributed by atoms with Crippen LogP contribution in [0.5, 0.6) is 0 Å². The maximum Gasteiger partial charge on any atom is 0.224 e. The van der Waals surface area contributed by atoms with Gasteiger partial charge in [0, 0.05) is 6.42 Å². The van der Waals surface area contributed by atoms with Gasteiger partial charge in [-0.15, -0.1) is 0 Å². The predicted octanol–water partition coefficient (Wildman–Crippen LogP) is 1.06. The van der Waals surface area contributed by atoms with Crippen molar-refractivity contribution in [1.82, 2.24) is 0 Å². The molecule has 0 aliphatic carbocycles. The number of nitriles is 1. The predicted molar refractivity (Wildman–Crippen MR) is 32.8 cm³/mol. The number of nitrogens with zero attached hydrogens (tertiary/aromatic N) is 2. The van der Waals surface area contributed by atoms with Gasteiger partial charge >= 0.3 is 0 Å². The van der Waals surface area contributed by atoms with Crippen molar-refractivity contribution in [1.29, 1.82) is 5.26 Å². The second-order valence-electron chi connectivity index (χ2n) is 2.44. The quantitative estimate of drug-likeness (QED) is 0.484. The summed E-state index contributed by atoms with van der Waals surface area (Å²) in [6.07, 6.45) is 0.628. The van der Waals surface area contributed by atoms with Gasteiger partial charge in [0.15, 0.2) is 0 Å². The van der Waals surface area contributed by atoms with E-state index in [2.05, 4.69) is 5.16 Å². The van der Waals surface area contributed by atoms with Crippen LogP contribution >= 0.6 is 0 Å². The summed E-state index contributed by atoms with van der Waals surface area (Å²) < 4.78 is 0. The average Bonchev–Trinajstić information content (AvgIpc) is 2.13. The first-order valence-corrected chi connectivity index (χ1v) is 2.79. The number of oxime groups is 1. The van der Waals surface area contributed by atoms with Crippen molar-refractivity contribution in [3.63, 3.8) is 0 Å². The highest BCUT2D eigenvalue weighted by Crippen LogP contribution is 2.21. The molecule has 0 spiro atoms. The second kappa shape index (κ2) is 1.73. The Morgan fingerprint density at radius 2 is 2.56 bits per heavy atom. The lowest BCUT2D eigenvalue weighted by Gasteiger charge is -2.08. The molecule has 1 atom stereocenters. The van der Waals surface area contributed by atoms with E-state index >= 15 is 0 Å². The van der Waals surface area contributed by atoms with Crippen LogP contribution in [-0.2, 0) is 4.84 Å². The molecule has 0 aromatic rings. The van der Waals surface area contributed by atoms with Gasteiger partial charge < -0.3 is 4.84 Å². The molecule has 0 amide bonds. The van der Waals surface area contributed by atoms with E-state index in [9.17, 15) is 0 Å². The zero-order valence-corrected chi connectivity index (χ0v) is 5.51. The number of rotatable bonds is 0. The molecule has 48 valence electrons. The van der Waals surface area contributed by atoms with Crippen LogP contribution in [0.4, 0.5) is 0 Å². The van der Waals surface area contributed by atoms with Gasteiger partial charge in [-0.2, -0.15) is 5.26 Å². The fraction of sp³-hybridized carbons (Fsp3) is 0.667. The maximum atomic E-state index is 8.49. The Labute approximate surface area is 53.9 Å². The van der Waals surface area contributed by atoms with Crippen molar-refractivity contribution in [2.75, 3.05) is 0 Å². The fourth-order valence-corrected chi connectivity index (χ4v) is 0.791. The molecule has 1 aliphatic heterocycles. The molecule has 0 N–H and O–H groups in total. The SMILES string of the molecule is CC1=NOC(C)(C#N)C1. The van der Waals surface area contributed by atoms with Crippen LogP contribution in [-0.4, -0.2) is 11.3 Å². The lowest BCUT2D eigenvalue weighted by atomic mass is 10.0. The molecule has 0 bridgehead atoms. The second-order valence-corrected chi connectivity index (χ2v) is 2.44. The Morgan fingerprint density at radius 3 is 2.78 bits per heavy atom. The van der Waals surface area contributed by atoms with Crippen LogP contribution in [0.1, 0.15) is 20.3 Å². The molecule has 3 nitrogen and oxygen atoms in total. The van der Waals surface area contributed by atoms with Crippen molar-refractivity contribution in [2.45, 2.75) is 25.9 Å². The first-order valence-electron chi connectivity index (χ1n) is 2.79. The summed E-state index contributed by atoms with van der Waals surface area (Å²) in [6, 6.07) is 2.03. The minimum Gasteiger partial charge on any atom is -0.374 e. The van der Waals surface area contributed by atoms with Gasteiger partial charge in [-0.25, -0.2) is 0 Å². The zero-order chi connectivity index (χ0) is 6.91. The van der Waals surface area contributed by atoms with Crippen molar-refractivity contribution >= 4 is 5.71 Å². The molecular formula is C6H8N2O. The highest BCUT2D eigenvalue weighted by molar-refractivity contribution is 5.83. The Bertz CT molecular complexity index is 192. The van der Waals surface area contributed by atoms with Gasteiger partial charge in [0.25, 0.3) is 0 Å². The van der Waals surface area contributed by atoms with E-state index in [1.165, 1.54) is 0 Å². The van der Waals surface area contributed by atoms with E-state index < -0.39 is 5.60 Å². The summed E-state index contributed by atoms with van der Waals surface area (Å²) in [6.45, 7) is 3.58. The molecule has 1 heterocycles. The monoisotopic (exact) mass is 124 g/mol. The molecule has 0 saturated heterocycles. The molecule has 0 aromatic heterocycles. The van der Waals surface area contributed by atoms with Gasteiger partial charge in [0.05, 0.1) is 5.71 Å². The third-order valence-corrected chi connectivity index (χ3v) is 1.23. The van der Waals surface area contributed by atoms with E-state index in [-0.39, 0.29) is 0 Å². The van der Waals surface area contributed by atoms with E-state index in [4.69, 9.17) is 10.1 Å². The van der Waals surface area contributed by atoms with Crippen molar-refractivity contribution < 1.29 is 4.84 Å². The fourth-order valence-electron chi connectivity index (χ4n) is 0.791. The summed E-state index contributed by atoms with van der Waals surface area (Å²) in [4.78, 5) is 4.83. The lowest BCUT2D eigenvalue weighted by molar-refractivity contribution is 0.0425. The molecular weight excluding hydrogens is 116 g/mol. The molecule has 0 radical (unpaired) electrons. The minimum atomic E-state index is -0.690. The highest BCUT2D eigenvalue weighted by atomic mass is 16.7. The summed E-state index contributed by atoms with van der Waals surface area (Å²) in [5.41, 5.74) is 0.198. The Balaban J connectivity index is 2.67. The number of hydrogen-bond acceptors (Lipinski definition) is 3. The summed E-state index contributed by atoms with van der Waals surface area (Å²) >= 11 is 0. The Morgan fingerprint density at radius 1 is 1.89 bits per heavy atom. The highest BCUT2D eigenvalue weighted by Gasteiger charge is 2.31. The van der Waals surface area contributed by atoms with E-state index in [0.29, 0.717) is 6.42 Å². The van der Waals surface area contributed by atoms with Gasteiger partial charge in [0.1, 0.15) is 6.07 Å².